The first-order valence-corrected chi connectivity index (χ1v) is 7.94. The third-order valence-electron chi connectivity index (χ3n) is 3.85. The highest BCUT2D eigenvalue weighted by Gasteiger charge is 2.20. The van der Waals surface area contributed by atoms with Crippen LogP contribution in [0.25, 0.3) is 0 Å². The molecule has 3 rings (SSSR count). The van der Waals surface area contributed by atoms with Gasteiger partial charge in [-0.3, -0.25) is 15.0 Å². The van der Waals surface area contributed by atoms with Crippen LogP contribution in [0.15, 0.2) is 34.7 Å². The SMILES string of the molecule is O=[N+]([O-])c1ccc(CN2CCN(c3ccc(Cl)c(Cl)c3)CC2)o1. The number of nitro groups is 1. The van der Waals surface area contributed by atoms with Gasteiger partial charge in [0.05, 0.1) is 22.7 Å². The molecule has 1 aliphatic rings. The molecule has 1 aromatic heterocycles. The predicted octanol–water partition coefficient (Wildman–Crippen LogP) is 3.82. The van der Waals surface area contributed by atoms with Crippen molar-refractivity contribution < 1.29 is 9.34 Å². The van der Waals surface area contributed by atoms with Crippen LogP contribution in [0.1, 0.15) is 5.76 Å². The minimum absolute atomic E-state index is 0.213. The van der Waals surface area contributed by atoms with Crippen LogP contribution >= 0.6 is 23.2 Å². The van der Waals surface area contributed by atoms with Gasteiger partial charge in [0.25, 0.3) is 0 Å². The van der Waals surface area contributed by atoms with Crippen LogP contribution in [-0.4, -0.2) is 36.0 Å². The van der Waals surface area contributed by atoms with Crippen molar-refractivity contribution in [1.82, 2.24) is 4.90 Å². The van der Waals surface area contributed by atoms with Gasteiger partial charge in [-0.05, 0) is 24.3 Å². The number of piperazine rings is 1. The normalized spacial score (nSPS) is 15.8. The zero-order valence-corrected chi connectivity index (χ0v) is 13.8. The van der Waals surface area contributed by atoms with E-state index in [0.29, 0.717) is 22.4 Å². The molecular weight excluding hydrogens is 341 g/mol. The fourth-order valence-corrected chi connectivity index (χ4v) is 2.91. The van der Waals surface area contributed by atoms with Crippen molar-refractivity contribution in [3.8, 4) is 0 Å². The molecule has 0 atom stereocenters. The Labute approximate surface area is 143 Å². The third kappa shape index (κ3) is 3.77. The lowest BCUT2D eigenvalue weighted by molar-refractivity contribution is -0.402. The maximum Gasteiger partial charge on any atom is 0.433 e. The molecule has 0 unspecified atom stereocenters. The predicted molar refractivity (Wildman–Crippen MR) is 89.3 cm³/mol. The molecule has 0 N–H and O–H groups in total. The first-order valence-electron chi connectivity index (χ1n) is 7.18. The topological polar surface area (TPSA) is 62.8 Å². The van der Waals surface area contributed by atoms with Gasteiger partial charge in [-0.2, -0.15) is 0 Å². The lowest BCUT2D eigenvalue weighted by Crippen LogP contribution is -2.45. The summed E-state index contributed by atoms with van der Waals surface area (Å²) in [7, 11) is 0. The molecule has 1 aliphatic heterocycles. The second-order valence-corrected chi connectivity index (χ2v) is 6.17. The molecule has 122 valence electrons. The Morgan fingerprint density at radius 2 is 1.83 bits per heavy atom. The zero-order chi connectivity index (χ0) is 16.4. The van der Waals surface area contributed by atoms with Crippen LogP contribution in [0, 0.1) is 10.1 Å². The Morgan fingerprint density at radius 1 is 1.09 bits per heavy atom. The molecule has 2 aromatic rings. The van der Waals surface area contributed by atoms with Gasteiger partial charge in [-0.15, -0.1) is 0 Å². The van der Waals surface area contributed by atoms with Gasteiger partial charge in [-0.1, -0.05) is 23.2 Å². The van der Waals surface area contributed by atoms with Crippen LogP contribution in [-0.2, 0) is 6.54 Å². The van der Waals surface area contributed by atoms with Crippen molar-refractivity contribution >= 4 is 34.8 Å². The fraction of sp³-hybridized carbons (Fsp3) is 0.333. The molecule has 0 radical (unpaired) electrons. The van der Waals surface area contributed by atoms with Gasteiger partial charge in [0, 0.05) is 31.9 Å². The van der Waals surface area contributed by atoms with Crippen molar-refractivity contribution in [2.45, 2.75) is 6.54 Å². The number of rotatable bonds is 4. The molecule has 0 saturated carbocycles. The molecule has 1 aromatic carbocycles. The maximum atomic E-state index is 10.6. The number of halogens is 2. The Balaban J connectivity index is 1.57. The molecule has 0 bridgehead atoms. The van der Waals surface area contributed by atoms with Gasteiger partial charge in [0.1, 0.15) is 10.7 Å². The highest BCUT2D eigenvalue weighted by Crippen LogP contribution is 2.28. The molecule has 23 heavy (non-hydrogen) atoms. The summed E-state index contributed by atoms with van der Waals surface area (Å²) in [4.78, 5) is 14.6. The highest BCUT2D eigenvalue weighted by molar-refractivity contribution is 6.42. The van der Waals surface area contributed by atoms with E-state index < -0.39 is 4.92 Å². The summed E-state index contributed by atoms with van der Waals surface area (Å²) in [6.07, 6.45) is 0. The number of anilines is 1. The molecular formula is C15H15Cl2N3O3. The van der Waals surface area contributed by atoms with Gasteiger partial charge in [0.15, 0.2) is 0 Å². The minimum atomic E-state index is -0.522. The summed E-state index contributed by atoms with van der Waals surface area (Å²) in [6, 6.07) is 8.67. The number of benzene rings is 1. The number of furan rings is 1. The number of nitrogens with zero attached hydrogens (tertiary/aromatic N) is 3. The molecule has 1 saturated heterocycles. The van der Waals surface area contributed by atoms with Crippen molar-refractivity contribution in [1.29, 1.82) is 0 Å². The van der Waals surface area contributed by atoms with Gasteiger partial charge in [-0.25, -0.2) is 0 Å². The average molecular weight is 356 g/mol. The zero-order valence-electron chi connectivity index (χ0n) is 12.2. The minimum Gasteiger partial charge on any atom is -0.404 e. The average Bonchev–Trinajstić information content (AvgIpc) is 3.00. The highest BCUT2D eigenvalue weighted by atomic mass is 35.5. The Hall–Kier alpha value is -1.76. The summed E-state index contributed by atoms with van der Waals surface area (Å²) < 4.78 is 5.20. The lowest BCUT2D eigenvalue weighted by Gasteiger charge is -2.35. The smallest absolute Gasteiger partial charge is 0.404 e. The summed E-state index contributed by atoms with van der Waals surface area (Å²) >= 11 is 12.0. The lowest BCUT2D eigenvalue weighted by atomic mass is 10.2. The first-order chi connectivity index (χ1) is 11.0. The van der Waals surface area contributed by atoms with Crippen LogP contribution in [0.5, 0.6) is 0 Å². The van der Waals surface area contributed by atoms with Crippen LogP contribution < -0.4 is 4.90 Å². The number of hydrogen-bond donors (Lipinski definition) is 0. The van der Waals surface area contributed by atoms with Crippen LogP contribution in [0.2, 0.25) is 10.0 Å². The second-order valence-electron chi connectivity index (χ2n) is 5.36. The molecule has 0 amide bonds. The first kappa shape index (κ1) is 16.1. The Morgan fingerprint density at radius 3 is 2.43 bits per heavy atom. The van der Waals surface area contributed by atoms with Gasteiger partial charge < -0.3 is 9.32 Å². The molecule has 2 heterocycles. The molecule has 0 aliphatic carbocycles. The quantitative estimate of drug-likeness (QED) is 0.616. The van der Waals surface area contributed by atoms with E-state index in [4.69, 9.17) is 27.6 Å². The van der Waals surface area contributed by atoms with E-state index in [0.717, 1.165) is 31.9 Å². The van der Waals surface area contributed by atoms with Crippen molar-refractivity contribution in [2.24, 2.45) is 0 Å². The Bertz CT molecular complexity index is 712. The molecule has 6 nitrogen and oxygen atoms in total. The standard InChI is InChI=1S/C15H15Cl2N3O3/c16-13-3-1-11(9-14(13)17)19-7-5-18(6-8-19)10-12-2-4-15(23-12)20(21)22/h1-4,9H,5-8,10H2. The van der Waals surface area contributed by atoms with E-state index in [1.807, 2.05) is 12.1 Å². The molecule has 1 fully saturated rings. The summed E-state index contributed by atoms with van der Waals surface area (Å²) in [5.74, 6) is 0.397. The van der Waals surface area contributed by atoms with Gasteiger partial charge >= 0.3 is 5.88 Å². The number of hydrogen-bond acceptors (Lipinski definition) is 5. The fourth-order valence-electron chi connectivity index (χ4n) is 2.62. The van der Waals surface area contributed by atoms with E-state index in [2.05, 4.69) is 9.80 Å². The van der Waals surface area contributed by atoms with E-state index >= 15 is 0 Å². The van der Waals surface area contributed by atoms with E-state index in [-0.39, 0.29) is 5.88 Å². The van der Waals surface area contributed by atoms with E-state index in [9.17, 15) is 10.1 Å². The van der Waals surface area contributed by atoms with Crippen LogP contribution in [0.4, 0.5) is 11.6 Å². The molecule has 8 heteroatoms. The summed E-state index contributed by atoms with van der Waals surface area (Å²) in [6.45, 7) is 3.95. The molecule has 0 spiro atoms. The third-order valence-corrected chi connectivity index (χ3v) is 4.59. The monoisotopic (exact) mass is 355 g/mol. The van der Waals surface area contributed by atoms with Crippen molar-refractivity contribution in [3.05, 3.63) is 56.3 Å². The second kappa shape index (κ2) is 6.78. The van der Waals surface area contributed by atoms with E-state index in [1.165, 1.54) is 6.07 Å². The maximum absolute atomic E-state index is 10.6. The van der Waals surface area contributed by atoms with Gasteiger partial charge in [0.2, 0.25) is 0 Å². The van der Waals surface area contributed by atoms with Crippen molar-refractivity contribution in [3.63, 3.8) is 0 Å². The summed E-state index contributed by atoms with van der Waals surface area (Å²) in [5.41, 5.74) is 1.05. The summed E-state index contributed by atoms with van der Waals surface area (Å²) in [5, 5.41) is 11.7. The van der Waals surface area contributed by atoms with Crippen LogP contribution in [0.3, 0.4) is 0 Å². The largest absolute Gasteiger partial charge is 0.433 e. The Kier molecular flexibility index (Phi) is 4.75. The van der Waals surface area contributed by atoms with E-state index in [1.54, 1.807) is 12.1 Å². The van der Waals surface area contributed by atoms with Crippen molar-refractivity contribution in [2.75, 3.05) is 31.1 Å².